The van der Waals surface area contributed by atoms with E-state index in [2.05, 4.69) is 29.2 Å². The van der Waals surface area contributed by atoms with E-state index in [1.54, 1.807) is 6.20 Å². The van der Waals surface area contributed by atoms with Crippen LogP contribution in [0.1, 0.15) is 30.0 Å². The Hall–Kier alpha value is -3.34. The number of oxime groups is 1. The first-order valence-corrected chi connectivity index (χ1v) is 9.73. The van der Waals surface area contributed by atoms with Crippen LogP contribution in [0.5, 0.6) is 11.6 Å². The molecule has 0 atom stereocenters. The maximum Gasteiger partial charge on any atom is 0.213 e. The van der Waals surface area contributed by atoms with Gasteiger partial charge in [-0.25, -0.2) is 4.98 Å². The van der Waals surface area contributed by atoms with Gasteiger partial charge in [0.25, 0.3) is 0 Å². The van der Waals surface area contributed by atoms with E-state index >= 15 is 0 Å². The minimum absolute atomic E-state index is 0.269. The Morgan fingerprint density at radius 2 is 1.66 bits per heavy atom. The van der Waals surface area contributed by atoms with Crippen LogP contribution in [0, 0.1) is 0 Å². The fraction of sp³-hybridized carbons (Fsp3) is 0.250. The lowest BCUT2D eigenvalue weighted by Crippen LogP contribution is -2.14. The third-order valence-electron chi connectivity index (χ3n) is 4.33. The largest absolute Gasteiger partial charge is 0.489 e. The van der Waals surface area contributed by atoms with Crippen LogP contribution in [0.4, 0.5) is 0 Å². The number of pyridine rings is 1. The van der Waals surface area contributed by atoms with Crippen LogP contribution in [0.2, 0.25) is 0 Å². The van der Waals surface area contributed by atoms with Crippen molar-refractivity contribution in [3.05, 3.63) is 89.6 Å². The van der Waals surface area contributed by atoms with Crippen LogP contribution < -0.4 is 9.47 Å². The number of hydrogen-bond acceptors (Lipinski definition) is 5. The molecule has 1 heterocycles. The summed E-state index contributed by atoms with van der Waals surface area (Å²) in [6.07, 6.45) is 3.99. The molecule has 0 aliphatic carbocycles. The van der Waals surface area contributed by atoms with E-state index in [1.807, 2.05) is 54.6 Å². The van der Waals surface area contributed by atoms with Gasteiger partial charge in [-0.15, -0.1) is 0 Å². The number of rotatable bonds is 10. The summed E-state index contributed by atoms with van der Waals surface area (Å²) in [6, 6.07) is 21.8. The smallest absolute Gasteiger partial charge is 0.213 e. The molecule has 0 bridgehead atoms. The average Bonchev–Trinajstić information content (AvgIpc) is 2.78. The molecule has 0 amide bonds. The summed E-state index contributed by atoms with van der Waals surface area (Å²) < 4.78 is 11.6. The van der Waals surface area contributed by atoms with Crippen LogP contribution in [0.15, 0.2) is 78.1 Å². The molecule has 29 heavy (non-hydrogen) atoms. The lowest BCUT2D eigenvalue weighted by molar-refractivity contribution is 0.210. The summed E-state index contributed by atoms with van der Waals surface area (Å²) in [5.41, 5.74) is 3.96. The van der Waals surface area contributed by atoms with Crippen molar-refractivity contribution in [1.29, 1.82) is 0 Å². The monoisotopic (exact) mass is 390 g/mol. The van der Waals surface area contributed by atoms with Gasteiger partial charge in [-0.05, 0) is 30.2 Å². The Morgan fingerprint density at radius 1 is 0.897 bits per heavy atom. The number of hydrogen-bond donors (Lipinski definition) is 0. The summed E-state index contributed by atoms with van der Waals surface area (Å²) in [6.45, 7) is 2.91. The van der Waals surface area contributed by atoms with Crippen molar-refractivity contribution in [3.63, 3.8) is 0 Å². The molecule has 0 unspecified atom stereocenters. The fourth-order valence-corrected chi connectivity index (χ4v) is 2.83. The number of nitrogens with zero attached hydrogens (tertiary/aromatic N) is 2. The van der Waals surface area contributed by atoms with Crippen molar-refractivity contribution in [3.8, 4) is 11.6 Å². The van der Waals surface area contributed by atoms with E-state index in [4.69, 9.17) is 14.3 Å². The van der Waals surface area contributed by atoms with E-state index in [-0.39, 0.29) is 6.61 Å². The fourth-order valence-electron chi connectivity index (χ4n) is 2.83. The molecule has 0 saturated carbocycles. The molecular weight excluding hydrogens is 364 g/mol. The van der Waals surface area contributed by atoms with E-state index in [9.17, 15) is 0 Å². The van der Waals surface area contributed by atoms with Crippen molar-refractivity contribution in [2.45, 2.75) is 26.4 Å². The molecule has 0 spiro atoms. The van der Waals surface area contributed by atoms with Gasteiger partial charge in [0.1, 0.15) is 31.8 Å². The van der Waals surface area contributed by atoms with Crippen LogP contribution in [0.25, 0.3) is 0 Å². The normalized spacial score (nSPS) is 11.2. The van der Waals surface area contributed by atoms with Gasteiger partial charge in [0, 0.05) is 23.4 Å². The predicted octanol–water partition coefficient (Wildman–Crippen LogP) is 5.04. The number of ether oxygens (including phenoxy) is 2. The van der Waals surface area contributed by atoms with Gasteiger partial charge < -0.3 is 14.3 Å². The Bertz CT molecular complexity index is 892. The van der Waals surface area contributed by atoms with Crippen LogP contribution in [0.3, 0.4) is 0 Å². The zero-order valence-corrected chi connectivity index (χ0v) is 16.9. The highest BCUT2D eigenvalue weighted by Gasteiger charge is 2.07. The van der Waals surface area contributed by atoms with Gasteiger partial charge in [-0.1, -0.05) is 61.0 Å². The van der Waals surface area contributed by atoms with E-state index in [0.29, 0.717) is 18.2 Å². The summed E-state index contributed by atoms with van der Waals surface area (Å²) in [5, 5.41) is 4.05. The molecule has 0 aliphatic heterocycles. The molecular formula is C24H26N2O3. The minimum atomic E-state index is 0.269. The van der Waals surface area contributed by atoms with Gasteiger partial charge in [-0.2, -0.15) is 0 Å². The molecule has 5 nitrogen and oxygen atoms in total. The number of benzene rings is 2. The predicted molar refractivity (Wildman–Crippen MR) is 114 cm³/mol. The van der Waals surface area contributed by atoms with Crippen LogP contribution in [-0.2, 0) is 17.9 Å². The van der Waals surface area contributed by atoms with Gasteiger partial charge in [0.15, 0.2) is 0 Å². The van der Waals surface area contributed by atoms with Crippen molar-refractivity contribution in [2.75, 3.05) is 13.7 Å². The Kier molecular flexibility index (Phi) is 7.63. The second kappa shape index (κ2) is 10.9. The molecule has 3 aromatic rings. The third kappa shape index (κ3) is 6.35. The molecule has 150 valence electrons. The molecule has 0 aliphatic rings. The first-order chi connectivity index (χ1) is 14.3. The maximum absolute atomic E-state index is 5.84. The lowest BCUT2D eigenvalue weighted by Gasteiger charge is -2.09. The zero-order valence-electron chi connectivity index (χ0n) is 16.9. The number of aryl methyl sites for hydroxylation is 1. The minimum Gasteiger partial charge on any atom is -0.489 e. The van der Waals surface area contributed by atoms with E-state index in [0.717, 1.165) is 29.7 Å². The Balaban J connectivity index is 1.52. The Morgan fingerprint density at radius 3 is 2.31 bits per heavy atom. The topological polar surface area (TPSA) is 52.9 Å². The first kappa shape index (κ1) is 20.4. The maximum atomic E-state index is 5.84. The molecule has 0 radical (unpaired) electrons. The summed E-state index contributed by atoms with van der Waals surface area (Å²) >= 11 is 0. The summed E-state index contributed by atoms with van der Waals surface area (Å²) in [4.78, 5) is 9.29. The second-order valence-corrected chi connectivity index (χ2v) is 6.56. The zero-order chi connectivity index (χ0) is 20.3. The quantitative estimate of drug-likeness (QED) is 0.359. The molecule has 5 heteroatoms. The standard InChI is InChI=1S/C24H26N2O3/c1-3-7-19-10-13-22(14-11-19)28-17-20-12-15-24(25-16-20)29-18-23(26-27-2)21-8-5-4-6-9-21/h4-6,8-16H,3,7,17-18H2,1-2H3/b26-23+. The number of aromatic nitrogens is 1. The van der Waals surface area contributed by atoms with Crippen molar-refractivity contribution >= 4 is 5.71 Å². The Labute approximate surface area is 172 Å². The van der Waals surface area contributed by atoms with Crippen molar-refractivity contribution < 1.29 is 14.3 Å². The molecule has 0 fully saturated rings. The third-order valence-corrected chi connectivity index (χ3v) is 4.33. The molecule has 0 N–H and O–H groups in total. The molecule has 3 rings (SSSR count). The highest BCUT2D eigenvalue weighted by atomic mass is 16.6. The second-order valence-electron chi connectivity index (χ2n) is 6.56. The van der Waals surface area contributed by atoms with Crippen molar-refractivity contribution in [1.82, 2.24) is 4.98 Å². The van der Waals surface area contributed by atoms with Gasteiger partial charge >= 0.3 is 0 Å². The SMILES string of the molecule is CCCc1ccc(OCc2ccc(OC/C(=N\OC)c3ccccc3)nc2)cc1. The van der Waals surface area contributed by atoms with E-state index < -0.39 is 0 Å². The average molecular weight is 390 g/mol. The molecule has 2 aromatic carbocycles. The highest BCUT2D eigenvalue weighted by Crippen LogP contribution is 2.16. The summed E-state index contributed by atoms with van der Waals surface area (Å²) in [5.74, 6) is 1.38. The van der Waals surface area contributed by atoms with Crippen LogP contribution in [-0.4, -0.2) is 24.4 Å². The summed E-state index contributed by atoms with van der Waals surface area (Å²) in [7, 11) is 1.52. The van der Waals surface area contributed by atoms with Gasteiger partial charge in [-0.3, -0.25) is 0 Å². The highest BCUT2D eigenvalue weighted by molar-refractivity contribution is 6.01. The molecule has 0 saturated heterocycles. The first-order valence-electron chi connectivity index (χ1n) is 9.73. The van der Waals surface area contributed by atoms with Gasteiger partial charge in [0.2, 0.25) is 5.88 Å². The molecule has 1 aromatic heterocycles. The lowest BCUT2D eigenvalue weighted by atomic mass is 10.1. The van der Waals surface area contributed by atoms with Crippen molar-refractivity contribution in [2.24, 2.45) is 5.16 Å². The van der Waals surface area contributed by atoms with E-state index in [1.165, 1.54) is 12.7 Å². The van der Waals surface area contributed by atoms with Gasteiger partial charge in [0.05, 0.1) is 0 Å². The van der Waals surface area contributed by atoms with Crippen LogP contribution >= 0.6 is 0 Å².